The highest BCUT2D eigenvalue weighted by molar-refractivity contribution is 5.44. The van der Waals surface area contributed by atoms with Gasteiger partial charge in [-0.15, -0.1) is 0 Å². The number of hydrogen-bond donors (Lipinski definition) is 1. The lowest BCUT2D eigenvalue weighted by Gasteiger charge is -2.08. The van der Waals surface area contributed by atoms with E-state index in [4.69, 9.17) is 4.74 Å². The quantitative estimate of drug-likeness (QED) is 0.894. The van der Waals surface area contributed by atoms with Gasteiger partial charge in [0.15, 0.2) is 0 Å². The molecule has 0 spiro atoms. The molecule has 2 aromatic rings. The summed E-state index contributed by atoms with van der Waals surface area (Å²) >= 11 is 0. The van der Waals surface area contributed by atoms with Crippen molar-refractivity contribution >= 4 is 5.69 Å². The summed E-state index contributed by atoms with van der Waals surface area (Å²) in [7, 11) is 1.72. The second-order valence-corrected chi connectivity index (χ2v) is 3.80. The highest BCUT2D eigenvalue weighted by Crippen LogP contribution is 2.18. The molecule has 0 saturated carbocycles. The van der Waals surface area contributed by atoms with Crippen molar-refractivity contribution in [3.8, 4) is 5.75 Å². The molecule has 0 aliphatic carbocycles. The molecule has 2 nitrogen and oxygen atoms in total. The van der Waals surface area contributed by atoms with Crippen LogP contribution in [0.1, 0.15) is 5.56 Å². The zero-order valence-corrected chi connectivity index (χ0v) is 9.91. The molecule has 2 rings (SSSR count). The molecule has 0 aliphatic heterocycles. The third-order valence-electron chi connectivity index (χ3n) is 2.53. The molecule has 4 heteroatoms. The van der Waals surface area contributed by atoms with E-state index in [1.165, 1.54) is 18.2 Å². The molecule has 0 unspecified atom stereocenters. The molecule has 2 aromatic carbocycles. The van der Waals surface area contributed by atoms with E-state index in [-0.39, 0.29) is 18.2 Å². The Kier molecular flexibility index (Phi) is 3.77. The van der Waals surface area contributed by atoms with Gasteiger partial charge in [0.2, 0.25) is 0 Å². The van der Waals surface area contributed by atoms with Crippen molar-refractivity contribution in [1.82, 2.24) is 0 Å². The molecular formula is C14H13F2NO. The van der Waals surface area contributed by atoms with Gasteiger partial charge in [-0.3, -0.25) is 0 Å². The second kappa shape index (κ2) is 5.49. The lowest BCUT2D eigenvalue weighted by Crippen LogP contribution is -2.00. The van der Waals surface area contributed by atoms with E-state index in [9.17, 15) is 8.78 Å². The van der Waals surface area contributed by atoms with Gasteiger partial charge in [0, 0.05) is 24.4 Å². The van der Waals surface area contributed by atoms with Crippen LogP contribution in [-0.4, -0.2) is 7.05 Å². The van der Waals surface area contributed by atoms with Gasteiger partial charge in [0.1, 0.15) is 24.0 Å². The first-order chi connectivity index (χ1) is 8.69. The highest BCUT2D eigenvalue weighted by Gasteiger charge is 2.04. The number of rotatable bonds is 4. The first kappa shape index (κ1) is 12.4. The summed E-state index contributed by atoms with van der Waals surface area (Å²) in [6, 6.07) is 10.6. The number of halogens is 2. The monoisotopic (exact) mass is 249 g/mol. The average Bonchev–Trinajstić information content (AvgIpc) is 2.37. The molecular weight excluding hydrogens is 236 g/mol. The standard InChI is InChI=1S/C14H13F2NO/c1-17-12-6-5-10(14(16)8-12)9-18-13-4-2-3-11(15)7-13/h2-8,17H,9H2,1H3. The third kappa shape index (κ3) is 2.97. The van der Waals surface area contributed by atoms with E-state index in [2.05, 4.69) is 5.32 Å². The topological polar surface area (TPSA) is 21.3 Å². The number of hydrogen-bond acceptors (Lipinski definition) is 2. The van der Waals surface area contributed by atoms with Crippen LogP contribution in [0, 0.1) is 11.6 Å². The van der Waals surface area contributed by atoms with Crippen LogP contribution in [0.4, 0.5) is 14.5 Å². The van der Waals surface area contributed by atoms with Gasteiger partial charge >= 0.3 is 0 Å². The average molecular weight is 249 g/mol. The fourth-order valence-corrected chi connectivity index (χ4v) is 1.54. The van der Waals surface area contributed by atoms with E-state index < -0.39 is 0 Å². The zero-order valence-electron chi connectivity index (χ0n) is 9.91. The predicted octanol–water partition coefficient (Wildman–Crippen LogP) is 3.59. The molecule has 0 amide bonds. The van der Waals surface area contributed by atoms with Gasteiger partial charge < -0.3 is 10.1 Å². The molecule has 0 atom stereocenters. The largest absolute Gasteiger partial charge is 0.489 e. The van der Waals surface area contributed by atoms with Gasteiger partial charge in [-0.05, 0) is 24.3 Å². The Morgan fingerprint density at radius 3 is 2.61 bits per heavy atom. The molecule has 0 saturated heterocycles. The summed E-state index contributed by atoms with van der Waals surface area (Å²) in [4.78, 5) is 0. The van der Waals surface area contributed by atoms with Crippen molar-refractivity contribution in [3.63, 3.8) is 0 Å². The molecule has 0 bridgehead atoms. The van der Waals surface area contributed by atoms with Crippen LogP contribution in [0.3, 0.4) is 0 Å². The number of benzene rings is 2. The van der Waals surface area contributed by atoms with Crippen LogP contribution >= 0.6 is 0 Å². The second-order valence-electron chi connectivity index (χ2n) is 3.80. The van der Waals surface area contributed by atoms with Crippen molar-refractivity contribution in [2.24, 2.45) is 0 Å². The van der Waals surface area contributed by atoms with Crippen LogP contribution in [0.15, 0.2) is 42.5 Å². The molecule has 0 aliphatic rings. The predicted molar refractivity (Wildman–Crippen MR) is 66.7 cm³/mol. The van der Waals surface area contributed by atoms with Crippen molar-refractivity contribution in [3.05, 3.63) is 59.7 Å². The Hall–Kier alpha value is -2.10. The van der Waals surface area contributed by atoms with Crippen molar-refractivity contribution in [1.29, 1.82) is 0 Å². The lowest BCUT2D eigenvalue weighted by atomic mass is 10.2. The van der Waals surface area contributed by atoms with Crippen LogP contribution in [-0.2, 0) is 6.61 Å². The maximum absolute atomic E-state index is 13.6. The van der Waals surface area contributed by atoms with Crippen molar-refractivity contribution in [2.75, 3.05) is 12.4 Å². The molecule has 0 aromatic heterocycles. The third-order valence-corrected chi connectivity index (χ3v) is 2.53. The van der Waals surface area contributed by atoms with E-state index in [1.807, 2.05) is 0 Å². The molecule has 18 heavy (non-hydrogen) atoms. The van der Waals surface area contributed by atoms with E-state index in [1.54, 1.807) is 31.3 Å². The van der Waals surface area contributed by atoms with Gasteiger partial charge in [-0.2, -0.15) is 0 Å². The summed E-state index contributed by atoms with van der Waals surface area (Å²) in [5.41, 5.74) is 1.13. The number of ether oxygens (including phenoxy) is 1. The molecule has 1 N–H and O–H groups in total. The lowest BCUT2D eigenvalue weighted by molar-refractivity contribution is 0.298. The minimum Gasteiger partial charge on any atom is -0.489 e. The van der Waals surface area contributed by atoms with Crippen LogP contribution in [0.25, 0.3) is 0 Å². The summed E-state index contributed by atoms with van der Waals surface area (Å²) in [6.07, 6.45) is 0. The number of anilines is 1. The van der Waals surface area contributed by atoms with Crippen molar-refractivity contribution in [2.45, 2.75) is 6.61 Å². The van der Waals surface area contributed by atoms with Crippen LogP contribution in [0.5, 0.6) is 5.75 Å². The molecule has 94 valence electrons. The van der Waals surface area contributed by atoms with E-state index >= 15 is 0 Å². The molecule has 0 fully saturated rings. The van der Waals surface area contributed by atoms with E-state index in [0.29, 0.717) is 17.0 Å². The molecule has 0 heterocycles. The minimum absolute atomic E-state index is 0.0687. The minimum atomic E-state index is -0.376. The van der Waals surface area contributed by atoms with Gasteiger partial charge in [0.25, 0.3) is 0 Å². The first-order valence-corrected chi connectivity index (χ1v) is 5.53. The SMILES string of the molecule is CNc1ccc(COc2cccc(F)c2)c(F)c1. The first-order valence-electron chi connectivity index (χ1n) is 5.53. The van der Waals surface area contributed by atoms with Crippen molar-refractivity contribution < 1.29 is 13.5 Å². The Morgan fingerprint density at radius 2 is 1.94 bits per heavy atom. The van der Waals surface area contributed by atoms with E-state index in [0.717, 1.165) is 0 Å². The Bertz CT molecular complexity index is 543. The Labute approximate surface area is 104 Å². The summed E-state index contributed by atoms with van der Waals surface area (Å²) in [5.74, 6) is -0.344. The van der Waals surface area contributed by atoms with Gasteiger partial charge in [-0.25, -0.2) is 8.78 Å². The fraction of sp³-hybridized carbons (Fsp3) is 0.143. The summed E-state index contributed by atoms with van der Waals surface area (Å²) in [5, 5.41) is 2.85. The number of nitrogens with one attached hydrogen (secondary N) is 1. The van der Waals surface area contributed by atoms with Gasteiger partial charge in [0.05, 0.1) is 0 Å². The smallest absolute Gasteiger partial charge is 0.131 e. The van der Waals surface area contributed by atoms with Crippen LogP contribution in [0.2, 0.25) is 0 Å². The molecule has 0 radical (unpaired) electrons. The fourth-order valence-electron chi connectivity index (χ4n) is 1.54. The summed E-state index contributed by atoms with van der Waals surface area (Å²) < 4.78 is 31.9. The maximum Gasteiger partial charge on any atom is 0.131 e. The maximum atomic E-state index is 13.6. The van der Waals surface area contributed by atoms with Crippen LogP contribution < -0.4 is 10.1 Å². The Balaban J connectivity index is 2.06. The zero-order chi connectivity index (χ0) is 13.0. The van der Waals surface area contributed by atoms with Gasteiger partial charge in [-0.1, -0.05) is 12.1 Å². The Morgan fingerprint density at radius 1 is 1.11 bits per heavy atom. The summed E-state index contributed by atoms with van der Waals surface area (Å²) in [6.45, 7) is 0.0687. The highest BCUT2D eigenvalue weighted by atomic mass is 19.1. The normalized spacial score (nSPS) is 10.2.